The first-order valence-electron chi connectivity index (χ1n) is 12.0. The van der Waals surface area contributed by atoms with E-state index in [0.717, 1.165) is 0 Å². The summed E-state index contributed by atoms with van der Waals surface area (Å²) in [5.41, 5.74) is -2.84. The minimum Gasteiger partial charge on any atom is -0.479 e. The van der Waals surface area contributed by atoms with Crippen LogP contribution in [0.15, 0.2) is 0 Å². The number of nitrogens with zero attached hydrogens (tertiary/aromatic N) is 2. The molecule has 0 fully saturated rings. The molecular formula is C23H26F8N2O7S2+2. The lowest BCUT2D eigenvalue weighted by Gasteiger charge is -2.31. The summed E-state index contributed by atoms with van der Waals surface area (Å²) in [6, 6.07) is 0. The normalized spacial score (nSPS) is 13.7. The Morgan fingerprint density at radius 3 is 1.00 bits per heavy atom. The molecular weight excluding hydrogens is 632 g/mol. The van der Waals surface area contributed by atoms with Crippen molar-refractivity contribution in [1.82, 2.24) is 7.78 Å². The fourth-order valence-electron chi connectivity index (χ4n) is 4.19. The van der Waals surface area contributed by atoms with Crippen LogP contribution >= 0.6 is 0 Å². The molecule has 2 N–H and O–H groups in total. The molecule has 0 radical (unpaired) electrons. The Bertz CT molecular complexity index is 1260. The number of hydrogen-bond acceptors (Lipinski definition) is 5. The smallest absolute Gasteiger partial charge is 0.364 e. The zero-order chi connectivity index (χ0) is 32.3. The fraction of sp³-hybridized carbons (Fsp3) is 0.435. The number of benzene rings is 2. The molecule has 42 heavy (non-hydrogen) atoms. The Kier molecular flexibility index (Phi) is 11.6. The van der Waals surface area contributed by atoms with Gasteiger partial charge in [-0.25, -0.2) is 0 Å². The molecule has 2 unspecified atom stereocenters. The van der Waals surface area contributed by atoms with E-state index in [9.17, 15) is 57.4 Å². The van der Waals surface area contributed by atoms with E-state index in [1.165, 1.54) is 27.7 Å². The molecule has 19 heteroatoms. The number of carbonyl (C=O) groups is 1. The van der Waals surface area contributed by atoms with Crippen LogP contribution in [0.3, 0.4) is 0 Å². The lowest BCUT2D eigenvalue weighted by molar-refractivity contribution is -0.123. The van der Waals surface area contributed by atoms with Crippen molar-refractivity contribution in [3.63, 3.8) is 0 Å². The number of quaternary nitrogens is 2. The van der Waals surface area contributed by atoms with E-state index >= 15 is 0 Å². The van der Waals surface area contributed by atoms with Crippen LogP contribution in [0.1, 0.15) is 27.7 Å². The zero-order valence-electron chi connectivity index (χ0n) is 22.4. The summed E-state index contributed by atoms with van der Waals surface area (Å²) in [5, 5.41) is 0. The average molecular weight is 659 g/mol. The lowest BCUT2D eigenvalue weighted by Crippen LogP contribution is -2.51. The van der Waals surface area contributed by atoms with Crippen molar-refractivity contribution in [2.75, 3.05) is 39.4 Å². The van der Waals surface area contributed by atoms with Gasteiger partial charge in [-0.3, -0.25) is 13.9 Å². The van der Waals surface area contributed by atoms with Crippen molar-refractivity contribution in [1.29, 1.82) is 0 Å². The average Bonchev–Trinajstić information content (AvgIpc) is 2.95. The Labute approximate surface area is 239 Å². The van der Waals surface area contributed by atoms with Crippen LogP contribution in [0.2, 0.25) is 0 Å². The van der Waals surface area contributed by atoms with E-state index < -0.39 is 145 Å². The largest absolute Gasteiger partial charge is 0.479 e. The van der Waals surface area contributed by atoms with E-state index in [2.05, 4.69) is 9.47 Å². The maximum Gasteiger partial charge on any atom is 0.364 e. The molecule has 2 aromatic rings. The quantitative estimate of drug-likeness (QED) is 0.130. The number of carbonyl (C=O) groups excluding carboxylic acids is 1. The summed E-state index contributed by atoms with van der Waals surface area (Å²) in [7, 11) is 0. The Balaban J connectivity index is 2.36. The SMILES string of the molecule is CC[N+](CC)(c1c(F)c(F)c(OCC(=O)COc2c(F)c(F)c([N+](CC)(CC)S(=O)O)c(F)c2F)c(F)c1F)S(=O)O. The van der Waals surface area contributed by atoms with E-state index in [4.69, 9.17) is 0 Å². The summed E-state index contributed by atoms with van der Waals surface area (Å²) in [5.74, 6) is -21.9. The van der Waals surface area contributed by atoms with Gasteiger partial charge in [-0.1, -0.05) is 0 Å². The topological polar surface area (TPSA) is 110 Å². The van der Waals surface area contributed by atoms with Gasteiger partial charge in [0, 0.05) is 0 Å². The molecule has 0 saturated carbocycles. The summed E-state index contributed by atoms with van der Waals surface area (Å²) in [6.45, 7) is 0.178. The molecule has 0 aliphatic rings. The van der Waals surface area contributed by atoms with Gasteiger partial charge in [0.25, 0.3) is 0 Å². The maximum absolute atomic E-state index is 14.8. The van der Waals surface area contributed by atoms with Crippen LogP contribution in [0.5, 0.6) is 11.5 Å². The molecule has 2 rings (SSSR count). The fourth-order valence-corrected chi connectivity index (χ4v) is 5.71. The third-order valence-corrected chi connectivity index (χ3v) is 9.20. The van der Waals surface area contributed by atoms with Crippen LogP contribution in [-0.4, -0.2) is 62.7 Å². The van der Waals surface area contributed by atoms with Gasteiger partial charge >= 0.3 is 22.5 Å². The van der Waals surface area contributed by atoms with Crippen LogP contribution < -0.4 is 17.3 Å². The molecule has 236 valence electrons. The molecule has 0 bridgehead atoms. The van der Waals surface area contributed by atoms with E-state index in [0.29, 0.717) is 0 Å². The summed E-state index contributed by atoms with van der Waals surface area (Å²) >= 11 is -6.07. The molecule has 9 nitrogen and oxygen atoms in total. The summed E-state index contributed by atoms with van der Waals surface area (Å²) in [6.07, 6.45) is 0. The molecule has 2 aromatic carbocycles. The molecule has 0 heterocycles. The molecule has 0 saturated heterocycles. The third kappa shape index (κ3) is 5.89. The monoisotopic (exact) mass is 658 g/mol. The summed E-state index contributed by atoms with van der Waals surface area (Å²) in [4.78, 5) is 12.1. The van der Waals surface area contributed by atoms with Crippen LogP contribution in [0.4, 0.5) is 46.5 Å². The number of hydrogen-bond donors (Lipinski definition) is 2. The van der Waals surface area contributed by atoms with Gasteiger partial charge in [0.15, 0.2) is 24.7 Å². The van der Waals surface area contributed by atoms with Crippen LogP contribution in [-0.2, 0) is 27.3 Å². The predicted octanol–water partition coefficient (Wildman–Crippen LogP) is 4.79. The molecule has 0 amide bonds. The van der Waals surface area contributed by atoms with Crippen molar-refractivity contribution in [2.24, 2.45) is 0 Å². The first-order valence-corrected chi connectivity index (χ1v) is 14.1. The minimum absolute atomic E-state index is 0.466. The van der Waals surface area contributed by atoms with Gasteiger partial charge in [0.2, 0.25) is 63.7 Å². The van der Waals surface area contributed by atoms with Crippen molar-refractivity contribution in [2.45, 2.75) is 27.7 Å². The highest BCUT2D eigenvalue weighted by atomic mass is 32.2. The van der Waals surface area contributed by atoms with Crippen molar-refractivity contribution < 1.29 is 66.9 Å². The van der Waals surface area contributed by atoms with Crippen molar-refractivity contribution in [3.05, 3.63) is 46.5 Å². The van der Waals surface area contributed by atoms with E-state index in [1.54, 1.807) is 0 Å². The van der Waals surface area contributed by atoms with Crippen LogP contribution in [0, 0.1) is 46.5 Å². The zero-order valence-corrected chi connectivity index (χ0v) is 24.0. The van der Waals surface area contributed by atoms with Crippen molar-refractivity contribution >= 4 is 39.7 Å². The van der Waals surface area contributed by atoms with Gasteiger partial charge < -0.3 is 9.47 Å². The van der Waals surface area contributed by atoms with Gasteiger partial charge in [0.1, 0.15) is 0 Å². The predicted molar refractivity (Wildman–Crippen MR) is 136 cm³/mol. The molecule has 0 aliphatic carbocycles. The van der Waals surface area contributed by atoms with Gasteiger partial charge in [-0.05, 0) is 27.7 Å². The molecule has 0 aliphatic heterocycles. The highest BCUT2D eigenvalue weighted by molar-refractivity contribution is 7.79. The minimum atomic E-state index is -3.04. The van der Waals surface area contributed by atoms with E-state index in [-0.39, 0.29) is 0 Å². The third-order valence-electron chi connectivity index (χ3n) is 6.61. The second-order valence-corrected chi connectivity index (χ2v) is 10.8. The highest BCUT2D eigenvalue weighted by Crippen LogP contribution is 2.40. The lowest BCUT2D eigenvalue weighted by atomic mass is 10.2. The second kappa shape index (κ2) is 13.7. The highest BCUT2D eigenvalue weighted by Gasteiger charge is 2.46. The molecule has 0 aromatic heterocycles. The number of halogens is 8. The molecule has 2 atom stereocenters. The van der Waals surface area contributed by atoms with Gasteiger partial charge in [-0.2, -0.15) is 51.3 Å². The Hall–Kier alpha value is -2.71. The Morgan fingerprint density at radius 2 is 0.810 bits per heavy atom. The van der Waals surface area contributed by atoms with Gasteiger partial charge in [-0.15, -0.1) is 0 Å². The van der Waals surface area contributed by atoms with Crippen molar-refractivity contribution in [3.8, 4) is 11.5 Å². The maximum atomic E-state index is 14.8. The summed E-state index contributed by atoms with van der Waals surface area (Å²) < 4.78 is 167. The number of Topliss-reactive ketones (excluding diaryl/α,β-unsaturated/α-hetero) is 1. The number of rotatable bonds is 14. The number of ether oxygens (including phenoxy) is 2. The first kappa shape index (κ1) is 35.5. The first-order chi connectivity index (χ1) is 19.5. The number of ketones is 1. The van der Waals surface area contributed by atoms with Gasteiger partial charge in [0.05, 0.1) is 26.2 Å². The van der Waals surface area contributed by atoms with Crippen LogP contribution in [0.25, 0.3) is 0 Å². The van der Waals surface area contributed by atoms with E-state index in [1.807, 2.05) is 0 Å². The molecule has 0 spiro atoms. The Morgan fingerprint density at radius 1 is 0.571 bits per heavy atom. The second-order valence-electron chi connectivity index (χ2n) is 8.49. The standard InChI is InChI=1S/C23H24F8N2O7S2/c1-5-32(6-2,41(35)36)20-12(24)16(28)22(17(29)13(20)25)39-9-11(34)10-40-23-18(30)14(26)21(15(27)19(23)31)33(7-3,8-4)42(37)38/h5-10H2,1-4H3/p+2.